The summed E-state index contributed by atoms with van der Waals surface area (Å²) < 4.78 is 6.14. The maximum Gasteiger partial charge on any atom is 0.271 e. The van der Waals surface area contributed by atoms with Crippen LogP contribution in [0.15, 0.2) is 93.6 Å². The number of hydrogen-bond acceptors (Lipinski definition) is 23. The number of primary amides is 2. The van der Waals surface area contributed by atoms with E-state index in [1.807, 2.05) is 36.6 Å². The Balaban J connectivity index is 0.931. The van der Waals surface area contributed by atoms with Gasteiger partial charge in [-0.15, -0.1) is 68.0 Å². The molecule has 9 aromatic rings. The van der Waals surface area contributed by atoms with Crippen LogP contribution < -0.4 is 32.2 Å². The van der Waals surface area contributed by atoms with Crippen molar-refractivity contribution in [3.05, 3.63) is 147 Å². The molecule has 0 aliphatic carbocycles. The van der Waals surface area contributed by atoms with Gasteiger partial charge in [-0.3, -0.25) is 33.7 Å². The number of nitrogens with two attached hydrogens (primary N) is 2. The zero-order valence-electron chi connectivity index (χ0n) is 47.7. The fourth-order valence-electron chi connectivity index (χ4n) is 10.9. The van der Waals surface area contributed by atoms with E-state index in [9.17, 15) is 34.2 Å². The van der Waals surface area contributed by atoms with E-state index in [1.165, 1.54) is 64.0 Å². The summed E-state index contributed by atoms with van der Waals surface area (Å²) in [6, 6.07) is 15.2. The maximum absolute atomic E-state index is 15.4. The first-order valence-electron chi connectivity index (χ1n) is 28.5. The topological polar surface area (TPSA) is 337 Å². The highest BCUT2D eigenvalue weighted by Crippen LogP contribution is 2.43. The lowest BCUT2D eigenvalue weighted by molar-refractivity contribution is -0.134. The number of aliphatic hydroxyl groups excluding tert-OH is 2. The molecule has 2 fully saturated rings. The number of thiazole rings is 6. The summed E-state index contributed by atoms with van der Waals surface area (Å²) in [7, 11) is 0. The minimum atomic E-state index is -1.40. The van der Waals surface area contributed by atoms with Crippen LogP contribution in [0.5, 0.6) is 5.75 Å². The third-order valence-corrected chi connectivity index (χ3v) is 21.1. The molecule has 7 aromatic heterocycles. The van der Waals surface area contributed by atoms with Gasteiger partial charge in [0.15, 0.2) is 0 Å². The van der Waals surface area contributed by atoms with Crippen LogP contribution in [-0.2, 0) is 16.0 Å². The van der Waals surface area contributed by atoms with Gasteiger partial charge in [-0.1, -0.05) is 55.8 Å². The Bertz CT molecular complexity index is 4100. The molecule has 10 heterocycles. The van der Waals surface area contributed by atoms with Crippen molar-refractivity contribution in [2.24, 2.45) is 17.4 Å². The molecule has 6 amide bonds. The summed E-state index contributed by atoms with van der Waals surface area (Å²) in [6.07, 6.45) is 0.870. The Morgan fingerprint density at radius 2 is 1.34 bits per heavy atom. The number of nitrogens with one attached hydrogen (secondary N) is 3. The fourth-order valence-corrected chi connectivity index (χ4v) is 16.2. The number of nitrogens with zero attached hydrogens (tertiary/aromatic N) is 9. The molecule has 0 spiro atoms. The van der Waals surface area contributed by atoms with Gasteiger partial charge in [-0.25, -0.2) is 34.9 Å². The number of hydrogen-bond donors (Lipinski definition) is 7. The third kappa shape index (κ3) is 13.4. The smallest absolute Gasteiger partial charge is 0.271 e. The molecular weight excluding hydrogens is 1250 g/mol. The zero-order valence-corrected chi connectivity index (χ0v) is 52.6. The summed E-state index contributed by atoms with van der Waals surface area (Å²) in [5.41, 5.74) is 14.5. The minimum absolute atomic E-state index is 0.0121. The normalized spacial score (nSPS) is 20.5. The molecule has 3 aliphatic rings. The Morgan fingerprint density at radius 3 is 2.09 bits per heavy atom. The number of fused-ring (bicyclic) bond motifs is 16. The molecule has 0 unspecified atom stereocenters. The first-order valence-corrected chi connectivity index (χ1v) is 33.7. The van der Waals surface area contributed by atoms with Gasteiger partial charge < -0.3 is 47.3 Å². The number of aromatic nitrogens is 7. The number of ether oxygens (including phenoxy) is 1. The van der Waals surface area contributed by atoms with Gasteiger partial charge in [0.1, 0.15) is 100 Å². The molecule has 23 nitrogen and oxygen atoms in total. The first-order chi connectivity index (χ1) is 43.0. The van der Waals surface area contributed by atoms with Crippen LogP contribution in [0.1, 0.15) is 130 Å². The lowest BCUT2D eigenvalue weighted by atomic mass is 10.00. The Labute approximate surface area is 533 Å². The van der Waals surface area contributed by atoms with Gasteiger partial charge >= 0.3 is 0 Å². The van der Waals surface area contributed by atoms with E-state index in [0.717, 1.165) is 53.6 Å². The van der Waals surface area contributed by atoms with E-state index in [1.54, 1.807) is 65.0 Å². The van der Waals surface area contributed by atoms with Crippen molar-refractivity contribution in [1.82, 2.24) is 60.6 Å². The number of benzene rings is 2. The van der Waals surface area contributed by atoms with E-state index < -0.39 is 84.2 Å². The average molecular weight is 1310 g/mol. The monoisotopic (exact) mass is 1310 g/mol. The van der Waals surface area contributed by atoms with Crippen molar-refractivity contribution in [3.8, 4) is 49.1 Å². The Kier molecular flexibility index (Phi) is 18.2. The Morgan fingerprint density at radius 1 is 0.674 bits per heavy atom. The Hall–Kier alpha value is -8.13. The number of likely N-dealkylation sites (tertiary alicyclic amines) is 1. The second kappa shape index (κ2) is 26.5. The van der Waals surface area contributed by atoms with Crippen LogP contribution in [0.3, 0.4) is 0 Å². The van der Waals surface area contributed by atoms with Crippen molar-refractivity contribution in [1.29, 1.82) is 0 Å². The van der Waals surface area contributed by atoms with Crippen molar-refractivity contribution in [2.75, 3.05) is 32.8 Å². The fraction of sp³-hybridized carbons (Fsp3) is 0.317. The summed E-state index contributed by atoms with van der Waals surface area (Å²) in [5.74, 6) is -3.90. The molecule has 10 bridgehead atoms. The quantitative estimate of drug-likeness (QED) is 0.0621. The summed E-state index contributed by atoms with van der Waals surface area (Å²) in [6.45, 7) is 6.84. The van der Waals surface area contributed by atoms with Gasteiger partial charge in [0.2, 0.25) is 11.8 Å². The van der Waals surface area contributed by atoms with Crippen molar-refractivity contribution in [2.45, 2.75) is 82.3 Å². The van der Waals surface area contributed by atoms with Crippen LogP contribution >= 0.6 is 68.0 Å². The highest BCUT2D eigenvalue weighted by atomic mass is 32.1. The van der Waals surface area contributed by atoms with Crippen molar-refractivity contribution in [3.63, 3.8) is 0 Å². The molecule has 89 heavy (non-hydrogen) atoms. The molecule has 12 rings (SSSR count). The number of carbonyl (C=O) groups is 6. The van der Waals surface area contributed by atoms with Gasteiger partial charge in [-0.2, -0.15) is 0 Å². The molecule has 2 aromatic carbocycles. The van der Waals surface area contributed by atoms with Crippen LogP contribution in [0.4, 0.5) is 0 Å². The van der Waals surface area contributed by atoms with Gasteiger partial charge in [0, 0.05) is 62.8 Å². The minimum Gasteiger partial charge on any atom is -0.492 e. The number of pyridine rings is 1. The molecule has 0 radical (unpaired) electrons. The van der Waals surface area contributed by atoms with Gasteiger partial charge in [0.05, 0.1) is 30.3 Å². The molecule has 9 N–H and O–H groups in total. The molecule has 458 valence electrons. The van der Waals surface area contributed by atoms with E-state index >= 15 is 4.79 Å². The first kappa shape index (κ1) is 61.1. The van der Waals surface area contributed by atoms with E-state index in [2.05, 4.69) is 30.8 Å². The van der Waals surface area contributed by atoms with Crippen molar-refractivity contribution >= 4 is 103 Å². The number of carbonyl (C=O) groups excluding carboxylic acids is 6. The van der Waals surface area contributed by atoms with E-state index in [4.69, 9.17) is 41.1 Å². The molecule has 3 aliphatic heterocycles. The number of piperidine rings is 1. The van der Waals surface area contributed by atoms with Crippen LogP contribution in [0, 0.1) is 12.8 Å². The maximum atomic E-state index is 15.4. The van der Waals surface area contributed by atoms with Crippen LogP contribution in [0.25, 0.3) is 43.4 Å². The lowest BCUT2D eigenvalue weighted by Gasteiger charge is -2.29. The predicted molar refractivity (Wildman–Crippen MR) is 339 cm³/mol. The highest BCUT2D eigenvalue weighted by molar-refractivity contribution is 7.15. The largest absolute Gasteiger partial charge is 0.492 e. The second-order valence-electron chi connectivity index (χ2n) is 21.7. The van der Waals surface area contributed by atoms with Crippen molar-refractivity contribution < 1.29 is 43.7 Å². The summed E-state index contributed by atoms with van der Waals surface area (Å²) >= 11 is 6.99. The van der Waals surface area contributed by atoms with Crippen LogP contribution in [0.2, 0.25) is 0 Å². The molecular formula is C60H58N14O9S6. The number of rotatable bonds is 12. The SMILES string of the molecule is Cc1sc2nc1C(=O)N[C@@H]([C@H](O)c1ccccc1)c1nc(cs1)C(=O)N[C@@H](Cc1ccc(OCCN3CCCCC3)cc1)C(=O)N1C[C@H](O)[C@H](C)[C@H]1c1nc(cs1)-c1nc(cs1)-c1nc(-c3nc(C(N)=O)cs3)ccc1-c1nc(cs1)C(=O)N[C@H]2CC(N)=O. The standard InChI is InChI=1S/C60H58N14O9S6/c1-29-43(75)23-74-48(29)59-70-42(28-88-59)56-66-38(24-85-56)46-34(15-16-35(63-46)55-67-39(25-86-55)50(62)78)54-68-40(26-84-54)51(79)64-36(22-44(61)76)57-72-45(30(2)89-57)53(81)71-47(49(77)32-9-5-3-6-10-32)58-69-41(27-87-58)52(80)65-37(60(74)82)21-31-11-13-33(14-12-31)83-20-19-73-17-7-4-8-18-73/h3,5-6,9-16,24-29,36-37,43,47-49,75,77H,4,7-8,17-23H2,1-2H3,(H2,61,76)(H2,62,78)(H,64,79)(H,65,80)(H,71,81)/t29-,36-,37-,43-,47-,48-,49+/m0/s1. The number of amides is 6. The zero-order chi connectivity index (χ0) is 62.0. The lowest BCUT2D eigenvalue weighted by Crippen LogP contribution is -2.50. The molecule has 2 saturated heterocycles. The summed E-state index contributed by atoms with van der Waals surface area (Å²) in [4.78, 5) is 122. The second-order valence-corrected chi connectivity index (χ2v) is 27.2. The molecule has 7 atom stereocenters. The predicted octanol–water partition coefficient (Wildman–Crippen LogP) is 7.55. The van der Waals surface area contributed by atoms with E-state index in [-0.39, 0.29) is 45.8 Å². The molecule has 0 saturated carbocycles. The highest BCUT2D eigenvalue weighted by Gasteiger charge is 2.45. The number of aryl methyl sites for hydroxylation is 1. The van der Waals surface area contributed by atoms with E-state index in [0.29, 0.717) is 76.7 Å². The number of aliphatic hydroxyl groups is 2. The van der Waals surface area contributed by atoms with Gasteiger partial charge in [-0.05, 0) is 68.2 Å². The summed E-state index contributed by atoms with van der Waals surface area (Å²) in [5, 5.41) is 42.7. The van der Waals surface area contributed by atoms with Crippen LogP contribution in [-0.4, -0.2) is 135 Å². The molecule has 29 heteroatoms. The van der Waals surface area contributed by atoms with Gasteiger partial charge in [0.25, 0.3) is 23.6 Å². The third-order valence-electron chi connectivity index (χ3n) is 15.6. The average Bonchev–Trinajstić information content (AvgIpc) is 4.46.